The molecule has 0 atom stereocenters. The molecule has 0 aliphatic carbocycles. The van der Waals surface area contributed by atoms with Crippen molar-refractivity contribution in [3.05, 3.63) is 42.0 Å². The molecule has 0 aliphatic heterocycles. The van der Waals surface area contributed by atoms with Crippen LogP contribution in [0.15, 0.2) is 30.6 Å². The van der Waals surface area contributed by atoms with E-state index in [0.717, 1.165) is 0 Å². The van der Waals surface area contributed by atoms with Crippen LogP contribution in [0.1, 0.15) is 11.4 Å². The normalized spacial score (nSPS) is 9.12. The van der Waals surface area contributed by atoms with Crippen LogP contribution in [0, 0.1) is 22.7 Å². The SMILES string of the molecule is N#Cc1cnc(-c2cccc(C#N)n2)cn1. The summed E-state index contributed by atoms with van der Waals surface area (Å²) in [7, 11) is 0. The Kier molecular flexibility index (Phi) is 2.53. The van der Waals surface area contributed by atoms with Gasteiger partial charge in [0.1, 0.15) is 23.5 Å². The van der Waals surface area contributed by atoms with Crippen LogP contribution in [0.5, 0.6) is 0 Å². The molecule has 0 saturated heterocycles. The lowest BCUT2D eigenvalue weighted by Crippen LogP contribution is -1.92. The molecule has 5 nitrogen and oxygen atoms in total. The maximum absolute atomic E-state index is 8.70. The zero-order chi connectivity index (χ0) is 11.4. The van der Waals surface area contributed by atoms with Gasteiger partial charge in [-0.05, 0) is 12.1 Å². The largest absolute Gasteiger partial charge is 0.250 e. The Morgan fingerprint density at radius 3 is 2.31 bits per heavy atom. The first-order chi connectivity index (χ1) is 7.83. The molecule has 2 heterocycles. The average molecular weight is 207 g/mol. The van der Waals surface area contributed by atoms with Crippen molar-refractivity contribution < 1.29 is 0 Å². The van der Waals surface area contributed by atoms with E-state index >= 15 is 0 Å². The van der Waals surface area contributed by atoms with E-state index < -0.39 is 0 Å². The van der Waals surface area contributed by atoms with Gasteiger partial charge in [0, 0.05) is 0 Å². The summed E-state index contributed by atoms with van der Waals surface area (Å²) in [5, 5.41) is 17.3. The van der Waals surface area contributed by atoms with Gasteiger partial charge in [-0.25, -0.2) is 15.0 Å². The number of hydrogen-bond donors (Lipinski definition) is 0. The van der Waals surface area contributed by atoms with Crippen LogP contribution in [0.2, 0.25) is 0 Å². The van der Waals surface area contributed by atoms with E-state index in [1.54, 1.807) is 18.2 Å². The van der Waals surface area contributed by atoms with Gasteiger partial charge in [-0.15, -0.1) is 0 Å². The smallest absolute Gasteiger partial charge is 0.158 e. The van der Waals surface area contributed by atoms with Crippen LogP contribution in [0.25, 0.3) is 11.4 Å². The maximum Gasteiger partial charge on any atom is 0.158 e. The van der Waals surface area contributed by atoms with Gasteiger partial charge in [0.15, 0.2) is 5.69 Å². The minimum atomic E-state index is 0.250. The fourth-order valence-corrected chi connectivity index (χ4v) is 1.16. The van der Waals surface area contributed by atoms with E-state index in [1.807, 2.05) is 12.1 Å². The molecule has 2 aromatic rings. The number of nitrogens with zero attached hydrogens (tertiary/aromatic N) is 5. The minimum Gasteiger partial charge on any atom is -0.250 e. The molecule has 0 fully saturated rings. The average Bonchev–Trinajstić information content (AvgIpc) is 2.39. The van der Waals surface area contributed by atoms with Gasteiger partial charge >= 0.3 is 0 Å². The van der Waals surface area contributed by atoms with Crippen LogP contribution in [0.3, 0.4) is 0 Å². The highest BCUT2D eigenvalue weighted by Gasteiger charge is 2.02. The van der Waals surface area contributed by atoms with Crippen molar-refractivity contribution in [2.75, 3.05) is 0 Å². The molecule has 0 spiro atoms. The molecule has 0 aliphatic rings. The Labute approximate surface area is 91.7 Å². The second-order valence-electron chi connectivity index (χ2n) is 2.92. The molecular formula is C11H5N5. The lowest BCUT2D eigenvalue weighted by atomic mass is 10.2. The van der Waals surface area contributed by atoms with Crippen LogP contribution in [-0.4, -0.2) is 15.0 Å². The van der Waals surface area contributed by atoms with Gasteiger partial charge in [-0.2, -0.15) is 10.5 Å². The number of aromatic nitrogens is 3. The minimum absolute atomic E-state index is 0.250. The molecule has 0 amide bonds. The summed E-state index contributed by atoms with van der Waals surface area (Å²) in [6.07, 6.45) is 2.83. The van der Waals surface area contributed by atoms with E-state index in [9.17, 15) is 0 Å². The van der Waals surface area contributed by atoms with E-state index in [4.69, 9.17) is 10.5 Å². The van der Waals surface area contributed by atoms with Crippen LogP contribution in [0.4, 0.5) is 0 Å². The van der Waals surface area contributed by atoms with Crippen LogP contribution >= 0.6 is 0 Å². The Morgan fingerprint density at radius 2 is 1.69 bits per heavy atom. The summed E-state index contributed by atoms with van der Waals surface area (Å²) in [6, 6.07) is 8.90. The van der Waals surface area contributed by atoms with Crippen LogP contribution < -0.4 is 0 Å². The third-order valence-corrected chi connectivity index (χ3v) is 1.89. The number of nitriles is 2. The fourth-order valence-electron chi connectivity index (χ4n) is 1.16. The molecule has 74 valence electrons. The van der Waals surface area contributed by atoms with Crippen LogP contribution in [-0.2, 0) is 0 Å². The standard InChI is InChI=1S/C11H5N5/c12-4-8-2-1-3-10(16-8)11-7-14-9(5-13)6-15-11/h1-3,6-7H. The maximum atomic E-state index is 8.70. The first-order valence-electron chi connectivity index (χ1n) is 4.43. The zero-order valence-electron chi connectivity index (χ0n) is 8.12. The van der Waals surface area contributed by atoms with Crippen molar-refractivity contribution in [3.8, 4) is 23.5 Å². The monoisotopic (exact) mass is 207 g/mol. The number of rotatable bonds is 1. The number of hydrogen-bond acceptors (Lipinski definition) is 5. The second kappa shape index (κ2) is 4.16. The zero-order valence-corrected chi connectivity index (χ0v) is 8.12. The third-order valence-electron chi connectivity index (χ3n) is 1.89. The Bertz CT molecular complexity index is 589. The second-order valence-corrected chi connectivity index (χ2v) is 2.92. The highest BCUT2D eigenvalue weighted by Crippen LogP contribution is 2.12. The summed E-state index contributed by atoms with van der Waals surface area (Å²) in [4.78, 5) is 12.0. The lowest BCUT2D eigenvalue weighted by molar-refractivity contribution is 1.14. The van der Waals surface area contributed by atoms with Gasteiger partial charge in [-0.3, -0.25) is 0 Å². The molecule has 0 radical (unpaired) electrons. The molecular weight excluding hydrogens is 202 g/mol. The lowest BCUT2D eigenvalue weighted by Gasteiger charge is -1.98. The van der Waals surface area contributed by atoms with Crippen molar-refractivity contribution in [1.29, 1.82) is 10.5 Å². The first-order valence-corrected chi connectivity index (χ1v) is 4.43. The van der Waals surface area contributed by atoms with Gasteiger partial charge < -0.3 is 0 Å². The summed E-state index contributed by atoms with van der Waals surface area (Å²) in [6.45, 7) is 0. The first kappa shape index (κ1) is 9.75. The molecule has 0 N–H and O–H groups in total. The molecule has 0 bridgehead atoms. The Morgan fingerprint density at radius 1 is 0.875 bits per heavy atom. The third kappa shape index (κ3) is 1.84. The van der Waals surface area contributed by atoms with Crippen molar-refractivity contribution in [2.24, 2.45) is 0 Å². The Balaban J connectivity index is 2.44. The molecule has 5 heteroatoms. The molecule has 16 heavy (non-hydrogen) atoms. The molecule has 0 unspecified atom stereocenters. The molecule has 0 aromatic carbocycles. The molecule has 2 aromatic heterocycles. The molecule has 2 rings (SSSR count). The Hall–Kier alpha value is -2.79. The van der Waals surface area contributed by atoms with E-state index in [-0.39, 0.29) is 5.69 Å². The van der Waals surface area contributed by atoms with Crippen molar-refractivity contribution in [2.45, 2.75) is 0 Å². The fraction of sp³-hybridized carbons (Fsp3) is 0. The summed E-state index contributed by atoms with van der Waals surface area (Å²) < 4.78 is 0. The quantitative estimate of drug-likeness (QED) is 0.703. The van der Waals surface area contributed by atoms with Crippen molar-refractivity contribution >= 4 is 0 Å². The van der Waals surface area contributed by atoms with E-state index in [1.165, 1.54) is 12.4 Å². The van der Waals surface area contributed by atoms with Gasteiger partial charge in [0.05, 0.1) is 18.1 Å². The van der Waals surface area contributed by atoms with E-state index in [2.05, 4.69) is 15.0 Å². The highest BCUT2D eigenvalue weighted by atomic mass is 14.8. The van der Waals surface area contributed by atoms with Gasteiger partial charge in [0.25, 0.3) is 0 Å². The summed E-state index contributed by atoms with van der Waals surface area (Å²) >= 11 is 0. The van der Waals surface area contributed by atoms with Gasteiger partial charge in [-0.1, -0.05) is 6.07 Å². The molecule has 0 saturated carbocycles. The van der Waals surface area contributed by atoms with E-state index in [0.29, 0.717) is 17.1 Å². The van der Waals surface area contributed by atoms with Crippen molar-refractivity contribution in [1.82, 2.24) is 15.0 Å². The van der Waals surface area contributed by atoms with Gasteiger partial charge in [0.2, 0.25) is 0 Å². The number of pyridine rings is 1. The van der Waals surface area contributed by atoms with Crippen molar-refractivity contribution in [3.63, 3.8) is 0 Å². The predicted molar refractivity (Wildman–Crippen MR) is 54.7 cm³/mol. The topological polar surface area (TPSA) is 86.2 Å². The summed E-state index contributed by atoms with van der Waals surface area (Å²) in [5.74, 6) is 0. The predicted octanol–water partition coefficient (Wildman–Crippen LogP) is 1.28. The highest BCUT2D eigenvalue weighted by molar-refractivity contribution is 5.53. The summed E-state index contributed by atoms with van der Waals surface area (Å²) in [5.41, 5.74) is 1.68.